The van der Waals surface area contributed by atoms with Crippen molar-refractivity contribution in [3.8, 4) is 0 Å². The number of carbonyl (C=O) groups is 2. The highest BCUT2D eigenvalue weighted by Crippen LogP contribution is 2.33. The molecule has 1 atom stereocenters. The normalized spacial score (nSPS) is 19.0. The van der Waals surface area contributed by atoms with Gasteiger partial charge in [0.1, 0.15) is 5.78 Å². The summed E-state index contributed by atoms with van der Waals surface area (Å²) in [5.74, 6) is -0.0601. The molecule has 0 radical (unpaired) electrons. The van der Waals surface area contributed by atoms with Gasteiger partial charge in [-0.25, -0.2) is 4.79 Å². The number of Topliss-reactive ketones (excluding diaryl/α,β-unsaturated/α-hetero) is 1. The lowest BCUT2D eigenvalue weighted by molar-refractivity contribution is -0.137. The Morgan fingerprint density at radius 1 is 1.42 bits per heavy atom. The van der Waals surface area contributed by atoms with Crippen molar-refractivity contribution in [2.45, 2.75) is 32.1 Å². The van der Waals surface area contributed by atoms with Crippen molar-refractivity contribution in [3.05, 3.63) is 41.5 Å². The van der Waals surface area contributed by atoms with Crippen LogP contribution in [0.5, 0.6) is 0 Å². The van der Waals surface area contributed by atoms with Crippen molar-refractivity contribution >= 4 is 17.8 Å². The van der Waals surface area contributed by atoms with E-state index in [2.05, 4.69) is 0 Å². The SMILES string of the molecule is CCOC(=O)/C=C/c1ccccc1C1CCCC1=O. The molecule has 0 bridgehead atoms. The molecule has 0 aromatic heterocycles. The first-order valence-electron chi connectivity index (χ1n) is 6.69. The molecule has 2 rings (SSSR count). The summed E-state index contributed by atoms with van der Waals surface area (Å²) in [6.45, 7) is 2.14. The number of hydrogen-bond acceptors (Lipinski definition) is 3. The van der Waals surface area contributed by atoms with E-state index >= 15 is 0 Å². The Morgan fingerprint density at radius 3 is 2.89 bits per heavy atom. The van der Waals surface area contributed by atoms with Gasteiger partial charge in [0.15, 0.2) is 0 Å². The second-order valence-corrected chi connectivity index (χ2v) is 4.63. The van der Waals surface area contributed by atoms with Crippen LogP contribution in [-0.4, -0.2) is 18.4 Å². The Kier molecular flexibility index (Phi) is 4.50. The molecule has 1 aliphatic rings. The van der Waals surface area contributed by atoms with Gasteiger partial charge in [-0.15, -0.1) is 0 Å². The van der Waals surface area contributed by atoms with E-state index in [4.69, 9.17) is 4.74 Å². The van der Waals surface area contributed by atoms with Crippen molar-refractivity contribution in [3.63, 3.8) is 0 Å². The molecule has 0 amide bonds. The summed E-state index contributed by atoms with van der Waals surface area (Å²) >= 11 is 0. The quantitative estimate of drug-likeness (QED) is 0.615. The lowest BCUT2D eigenvalue weighted by atomic mass is 9.92. The van der Waals surface area contributed by atoms with Gasteiger partial charge >= 0.3 is 5.97 Å². The van der Waals surface area contributed by atoms with Crippen LogP contribution in [0.4, 0.5) is 0 Å². The Hall–Kier alpha value is -1.90. The van der Waals surface area contributed by atoms with Gasteiger partial charge in [-0.05, 0) is 37.0 Å². The number of ketones is 1. The summed E-state index contributed by atoms with van der Waals surface area (Å²) in [5, 5.41) is 0. The number of hydrogen-bond donors (Lipinski definition) is 0. The van der Waals surface area contributed by atoms with Gasteiger partial charge in [-0.3, -0.25) is 4.79 Å². The molecule has 1 unspecified atom stereocenters. The van der Waals surface area contributed by atoms with Crippen molar-refractivity contribution in [1.29, 1.82) is 0 Å². The smallest absolute Gasteiger partial charge is 0.330 e. The summed E-state index contributed by atoms with van der Waals surface area (Å²) in [4.78, 5) is 23.2. The standard InChI is InChI=1S/C16H18O3/c1-2-19-16(18)11-10-12-6-3-4-7-13(12)14-8-5-9-15(14)17/h3-4,6-7,10-11,14H,2,5,8-9H2,1H3/b11-10+. The van der Waals surface area contributed by atoms with E-state index in [0.717, 1.165) is 24.0 Å². The zero-order chi connectivity index (χ0) is 13.7. The third-order valence-corrected chi connectivity index (χ3v) is 3.36. The molecule has 19 heavy (non-hydrogen) atoms. The van der Waals surface area contributed by atoms with E-state index in [9.17, 15) is 9.59 Å². The Labute approximate surface area is 113 Å². The first kappa shape index (κ1) is 13.5. The molecule has 0 aliphatic heterocycles. The number of esters is 1. The minimum Gasteiger partial charge on any atom is -0.463 e. The van der Waals surface area contributed by atoms with E-state index in [0.29, 0.717) is 18.8 Å². The topological polar surface area (TPSA) is 43.4 Å². The first-order valence-corrected chi connectivity index (χ1v) is 6.69. The van der Waals surface area contributed by atoms with Gasteiger partial charge in [0, 0.05) is 18.4 Å². The van der Waals surface area contributed by atoms with Gasteiger partial charge in [-0.2, -0.15) is 0 Å². The number of carbonyl (C=O) groups excluding carboxylic acids is 2. The van der Waals surface area contributed by atoms with Crippen LogP contribution in [-0.2, 0) is 14.3 Å². The molecule has 1 aromatic carbocycles. The lowest BCUT2D eigenvalue weighted by Gasteiger charge is -2.11. The average Bonchev–Trinajstić information content (AvgIpc) is 2.83. The van der Waals surface area contributed by atoms with Crippen LogP contribution in [0.2, 0.25) is 0 Å². The van der Waals surface area contributed by atoms with Crippen molar-refractivity contribution < 1.29 is 14.3 Å². The largest absolute Gasteiger partial charge is 0.463 e. The average molecular weight is 258 g/mol. The number of ether oxygens (including phenoxy) is 1. The fourth-order valence-electron chi connectivity index (χ4n) is 2.47. The fraction of sp³-hybridized carbons (Fsp3) is 0.375. The minimum absolute atomic E-state index is 0.0111. The molecule has 1 aromatic rings. The summed E-state index contributed by atoms with van der Waals surface area (Å²) < 4.78 is 4.86. The van der Waals surface area contributed by atoms with Crippen LogP contribution in [0.1, 0.15) is 43.2 Å². The van der Waals surface area contributed by atoms with Crippen molar-refractivity contribution in [2.75, 3.05) is 6.61 Å². The third kappa shape index (κ3) is 3.31. The molecular weight excluding hydrogens is 240 g/mol. The summed E-state index contributed by atoms with van der Waals surface area (Å²) in [7, 11) is 0. The Morgan fingerprint density at radius 2 is 2.21 bits per heavy atom. The molecule has 0 spiro atoms. The molecule has 100 valence electrons. The molecule has 0 N–H and O–H groups in total. The monoisotopic (exact) mass is 258 g/mol. The number of rotatable bonds is 4. The van der Waals surface area contributed by atoms with E-state index in [-0.39, 0.29) is 11.9 Å². The molecule has 0 heterocycles. The van der Waals surface area contributed by atoms with Gasteiger partial charge in [0.2, 0.25) is 0 Å². The third-order valence-electron chi connectivity index (χ3n) is 3.36. The predicted octanol–water partition coefficient (Wildman–Crippen LogP) is 3.10. The maximum Gasteiger partial charge on any atom is 0.330 e. The molecule has 1 aliphatic carbocycles. The highest BCUT2D eigenvalue weighted by Gasteiger charge is 2.27. The van der Waals surface area contributed by atoms with Crippen molar-refractivity contribution in [2.24, 2.45) is 0 Å². The minimum atomic E-state index is -0.352. The van der Waals surface area contributed by atoms with E-state index in [1.54, 1.807) is 13.0 Å². The zero-order valence-electron chi connectivity index (χ0n) is 11.1. The van der Waals surface area contributed by atoms with Crippen LogP contribution in [0.15, 0.2) is 30.3 Å². The maximum atomic E-state index is 11.9. The maximum absolute atomic E-state index is 11.9. The molecular formula is C16H18O3. The first-order chi connectivity index (χ1) is 9.22. The second-order valence-electron chi connectivity index (χ2n) is 4.63. The summed E-state index contributed by atoms with van der Waals surface area (Å²) in [6, 6.07) is 7.74. The summed E-state index contributed by atoms with van der Waals surface area (Å²) in [5.41, 5.74) is 1.95. The molecule has 1 fully saturated rings. The van der Waals surface area contributed by atoms with Gasteiger partial charge in [-0.1, -0.05) is 24.3 Å². The van der Waals surface area contributed by atoms with Gasteiger partial charge < -0.3 is 4.74 Å². The van der Waals surface area contributed by atoms with Crippen LogP contribution < -0.4 is 0 Å². The van der Waals surface area contributed by atoms with Gasteiger partial charge in [0.25, 0.3) is 0 Å². The zero-order valence-corrected chi connectivity index (χ0v) is 11.1. The van der Waals surface area contributed by atoms with Gasteiger partial charge in [0.05, 0.1) is 6.61 Å². The van der Waals surface area contributed by atoms with Crippen LogP contribution in [0.3, 0.4) is 0 Å². The van der Waals surface area contributed by atoms with Crippen molar-refractivity contribution in [1.82, 2.24) is 0 Å². The molecule has 3 heteroatoms. The highest BCUT2D eigenvalue weighted by molar-refractivity contribution is 5.90. The predicted molar refractivity (Wildman–Crippen MR) is 73.7 cm³/mol. The van der Waals surface area contributed by atoms with Crippen LogP contribution in [0, 0.1) is 0 Å². The highest BCUT2D eigenvalue weighted by atomic mass is 16.5. The second kappa shape index (κ2) is 6.32. The Bertz CT molecular complexity index is 502. The van der Waals surface area contributed by atoms with Crippen LogP contribution in [0.25, 0.3) is 6.08 Å². The summed E-state index contributed by atoms with van der Waals surface area (Å²) in [6.07, 6.45) is 5.68. The van der Waals surface area contributed by atoms with E-state index < -0.39 is 0 Å². The molecule has 1 saturated carbocycles. The Balaban J connectivity index is 2.21. The van der Waals surface area contributed by atoms with Crippen LogP contribution >= 0.6 is 0 Å². The lowest BCUT2D eigenvalue weighted by Crippen LogP contribution is -2.06. The van der Waals surface area contributed by atoms with E-state index in [1.807, 2.05) is 24.3 Å². The fourth-order valence-corrected chi connectivity index (χ4v) is 2.47. The molecule has 3 nitrogen and oxygen atoms in total. The molecule has 0 saturated heterocycles. The van der Waals surface area contributed by atoms with E-state index in [1.165, 1.54) is 6.08 Å². The number of benzene rings is 1.